The van der Waals surface area contributed by atoms with Crippen LogP contribution >= 0.6 is 0 Å². The molecule has 1 aliphatic heterocycles. The van der Waals surface area contributed by atoms with Crippen molar-refractivity contribution in [3.8, 4) is 0 Å². The van der Waals surface area contributed by atoms with Crippen LogP contribution < -0.4 is 5.32 Å². The summed E-state index contributed by atoms with van der Waals surface area (Å²) in [5.74, 6) is 0.790. The number of nitrogens with one attached hydrogen (secondary N) is 1. The van der Waals surface area contributed by atoms with Gasteiger partial charge in [-0.05, 0) is 44.6 Å². The van der Waals surface area contributed by atoms with E-state index < -0.39 is 0 Å². The third kappa shape index (κ3) is 4.89. The lowest BCUT2D eigenvalue weighted by Crippen LogP contribution is -2.39. The van der Waals surface area contributed by atoms with E-state index in [0.717, 1.165) is 5.92 Å². The fraction of sp³-hybridized carbons (Fsp3) is 1.00. The van der Waals surface area contributed by atoms with Crippen LogP contribution in [0, 0.1) is 11.3 Å². The molecule has 1 rings (SSSR count). The van der Waals surface area contributed by atoms with Gasteiger partial charge in [-0.25, -0.2) is 0 Å². The molecule has 0 aromatic heterocycles. The minimum absolute atomic E-state index is 0.411. The average molecular weight is 254 g/mol. The molecule has 1 heterocycles. The molecule has 0 amide bonds. The van der Waals surface area contributed by atoms with Crippen molar-refractivity contribution in [3.05, 3.63) is 0 Å². The van der Waals surface area contributed by atoms with Gasteiger partial charge in [0.15, 0.2) is 0 Å². The average Bonchev–Trinajstić information content (AvgIpc) is 2.38. The molecule has 2 nitrogen and oxygen atoms in total. The number of rotatable bonds is 3. The molecular formula is C16H34N2. The van der Waals surface area contributed by atoms with Crippen LogP contribution in [-0.2, 0) is 0 Å². The summed E-state index contributed by atoms with van der Waals surface area (Å²) in [5, 5.41) is 3.76. The molecule has 1 saturated heterocycles. The zero-order valence-electron chi connectivity index (χ0n) is 13.6. The Kier molecular flexibility index (Phi) is 5.67. The van der Waals surface area contributed by atoms with E-state index in [4.69, 9.17) is 0 Å². The number of hydrogen-bond donors (Lipinski definition) is 1. The molecule has 2 heteroatoms. The van der Waals surface area contributed by atoms with Gasteiger partial charge in [-0.1, -0.05) is 34.6 Å². The first-order valence-corrected chi connectivity index (χ1v) is 7.70. The summed E-state index contributed by atoms with van der Waals surface area (Å²) in [6.07, 6.45) is 2.62. The maximum absolute atomic E-state index is 3.76. The highest BCUT2D eigenvalue weighted by Crippen LogP contribution is 2.33. The predicted octanol–water partition coefficient (Wildman–Crippen LogP) is 3.52. The second kappa shape index (κ2) is 6.38. The highest BCUT2D eigenvalue weighted by molar-refractivity contribution is 4.87. The molecule has 1 fully saturated rings. The van der Waals surface area contributed by atoms with Crippen LogP contribution in [-0.4, -0.2) is 36.1 Å². The molecule has 1 aliphatic rings. The third-order valence-electron chi connectivity index (χ3n) is 4.31. The molecule has 0 bridgehead atoms. The Morgan fingerprint density at radius 2 is 1.72 bits per heavy atom. The Morgan fingerprint density at radius 1 is 1.11 bits per heavy atom. The largest absolute Gasteiger partial charge is 0.312 e. The maximum Gasteiger partial charge on any atom is 0.00849 e. The van der Waals surface area contributed by atoms with Crippen LogP contribution in [0.4, 0.5) is 0 Å². The number of nitrogens with zero attached hydrogens (tertiary/aromatic N) is 1. The smallest absolute Gasteiger partial charge is 0.00849 e. The summed E-state index contributed by atoms with van der Waals surface area (Å²) < 4.78 is 0. The Balaban J connectivity index is 2.74. The zero-order valence-corrected chi connectivity index (χ0v) is 13.6. The van der Waals surface area contributed by atoms with Crippen molar-refractivity contribution in [1.82, 2.24) is 10.2 Å². The number of likely N-dealkylation sites (tertiary alicyclic amines) is 1. The fourth-order valence-corrected chi connectivity index (χ4v) is 2.95. The van der Waals surface area contributed by atoms with Gasteiger partial charge in [0.1, 0.15) is 0 Å². The Hall–Kier alpha value is -0.0800. The lowest BCUT2D eigenvalue weighted by atomic mass is 9.77. The summed E-state index contributed by atoms with van der Waals surface area (Å²) in [6.45, 7) is 18.9. The van der Waals surface area contributed by atoms with Crippen LogP contribution in [0.1, 0.15) is 61.3 Å². The molecule has 0 spiro atoms. The van der Waals surface area contributed by atoms with E-state index in [1.165, 1.54) is 25.9 Å². The van der Waals surface area contributed by atoms with Crippen LogP contribution in [0.2, 0.25) is 0 Å². The first kappa shape index (κ1) is 16.0. The molecular weight excluding hydrogens is 220 g/mol. The van der Waals surface area contributed by atoms with Crippen molar-refractivity contribution in [2.45, 2.75) is 79.4 Å². The van der Waals surface area contributed by atoms with E-state index in [1.807, 2.05) is 0 Å². The highest BCUT2D eigenvalue weighted by atomic mass is 15.2. The van der Waals surface area contributed by atoms with E-state index >= 15 is 0 Å². The first-order valence-electron chi connectivity index (χ1n) is 7.70. The summed E-state index contributed by atoms with van der Waals surface area (Å²) in [6, 6.07) is 1.96. The molecule has 0 aromatic carbocycles. The Labute approximate surface area is 115 Å². The molecule has 2 atom stereocenters. The van der Waals surface area contributed by atoms with Gasteiger partial charge in [-0.3, -0.25) is 0 Å². The molecule has 0 saturated carbocycles. The van der Waals surface area contributed by atoms with Gasteiger partial charge in [-0.2, -0.15) is 0 Å². The van der Waals surface area contributed by atoms with E-state index in [9.17, 15) is 0 Å². The van der Waals surface area contributed by atoms with Gasteiger partial charge < -0.3 is 10.2 Å². The van der Waals surface area contributed by atoms with E-state index in [2.05, 4.69) is 58.7 Å². The van der Waals surface area contributed by atoms with E-state index in [0.29, 0.717) is 23.5 Å². The minimum Gasteiger partial charge on any atom is -0.312 e. The van der Waals surface area contributed by atoms with Gasteiger partial charge in [0, 0.05) is 24.7 Å². The second-order valence-corrected chi connectivity index (χ2v) is 7.69. The topological polar surface area (TPSA) is 15.3 Å². The van der Waals surface area contributed by atoms with Gasteiger partial charge >= 0.3 is 0 Å². The zero-order chi connectivity index (χ0) is 13.9. The predicted molar refractivity (Wildman–Crippen MR) is 80.9 cm³/mol. The normalized spacial score (nSPS) is 27.8. The summed E-state index contributed by atoms with van der Waals surface area (Å²) in [7, 11) is 0. The van der Waals surface area contributed by atoms with Crippen molar-refractivity contribution in [2.75, 3.05) is 13.1 Å². The van der Waals surface area contributed by atoms with Crippen molar-refractivity contribution in [2.24, 2.45) is 11.3 Å². The molecule has 0 aliphatic carbocycles. The van der Waals surface area contributed by atoms with Gasteiger partial charge in [0.25, 0.3) is 0 Å². The van der Waals surface area contributed by atoms with Crippen LogP contribution in [0.5, 0.6) is 0 Å². The third-order valence-corrected chi connectivity index (χ3v) is 4.31. The standard InChI is InChI=1S/C16H34N2/c1-12(2)17-15-8-9-18(13(3)4)11-14(10-15)16(5,6)7/h12-15,17H,8-11H2,1-7H3/t14-,15?/m0/s1. The van der Waals surface area contributed by atoms with Crippen molar-refractivity contribution in [1.29, 1.82) is 0 Å². The van der Waals surface area contributed by atoms with Crippen molar-refractivity contribution < 1.29 is 0 Å². The van der Waals surface area contributed by atoms with Crippen LogP contribution in [0.25, 0.3) is 0 Å². The second-order valence-electron chi connectivity index (χ2n) is 7.69. The van der Waals surface area contributed by atoms with Gasteiger partial charge in [0.05, 0.1) is 0 Å². The number of hydrogen-bond acceptors (Lipinski definition) is 2. The van der Waals surface area contributed by atoms with Gasteiger partial charge in [0.2, 0.25) is 0 Å². The maximum atomic E-state index is 3.76. The highest BCUT2D eigenvalue weighted by Gasteiger charge is 2.32. The van der Waals surface area contributed by atoms with Gasteiger partial charge in [-0.15, -0.1) is 0 Å². The Bertz CT molecular complexity index is 240. The van der Waals surface area contributed by atoms with Crippen molar-refractivity contribution >= 4 is 0 Å². The van der Waals surface area contributed by atoms with E-state index in [-0.39, 0.29) is 0 Å². The van der Waals surface area contributed by atoms with Crippen LogP contribution in [0.15, 0.2) is 0 Å². The summed E-state index contributed by atoms with van der Waals surface area (Å²) in [4.78, 5) is 2.66. The van der Waals surface area contributed by atoms with Crippen molar-refractivity contribution in [3.63, 3.8) is 0 Å². The molecule has 108 valence electrons. The Morgan fingerprint density at radius 3 is 2.17 bits per heavy atom. The first-order chi connectivity index (χ1) is 8.20. The summed E-state index contributed by atoms with van der Waals surface area (Å²) in [5.41, 5.74) is 0.411. The van der Waals surface area contributed by atoms with E-state index in [1.54, 1.807) is 0 Å². The molecule has 0 aromatic rings. The molecule has 1 unspecified atom stereocenters. The fourth-order valence-electron chi connectivity index (χ4n) is 2.95. The molecule has 0 radical (unpaired) electrons. The molecule has 18 heavy (non-hydrogen) atoms. The SMILES string of the molecule is CC(C)NC1CCN(C(C)C)C[C@@H](C(C)(C)C)C1. The quantitative estimate of drug-likeness (QED) is 0.829. The molecule has 1 N–H and O–H groups in total. The van der Waals surface area contributed by atoms with Crippen LogP contribution in [0.3, 0.4) is 0 Å². The monoisotopic (exact) mass is 254 g/mol. The lowest BCUT2D eigenvalue weighted by molar-refractivity contribution is 0.136. The summed E-state index contributed by atoms with van der Waals surface area (Å²) >= 11 is 0. The minimum atomic E-state index is 0.411. The lowest BCUT2D eigenvalue weighted by Gasteiger charge is -2.35.